The number of nitrogens with one attached hydrogen (secondary N) is 1. The summed E-state index contributed by atoms with van der Waals surface area (Å²) in [5.41, 5.74) is 6.86. The van der Waals surface area contributed by atoms with Gasteiger partial charge in [0.25, 0.3) is 5.91 Å². The second kappa shape index (κ2) is 8.61. The van der Waals surface area contributed by atoms with E-state index < -0.39 is 0 Å². The van der Waals surface area contributed by atoms with E-state index >= 15 is 0 Å². The number of rotatable bonds is 8. The lowest BCUT2D eigenvalue weighted by Gasteiger charge is -2.17. The van der Waals surface area contributed by atoms with E-state index in [1.165, 1.54) is 0 Å². The molecule has 0 radical (unpaired) electrons. The standard InChI is InChI=1S/C14H24N4O/c1-3-18(4-2)9-5-8-16-14(19)13-7-6-12(10-15)11-17-13/h6-7,11H,3-5,8-10,15H2,1-2H3,(H,16,19). The fourth-order valence-electron chi connectivity index (χ4n) is 1.81. The number of nitrogens with two attached hydrogens (primary N) is 1. The Morgan fingerprint density at radius 1 is 1.37 bits per heavy atom. The Hall–Kier alpha value is -1.46. The van der Waals surface area contributed by atoms with Crippen LogP contribution in [0.15, 0.2) is 18.3 Å². The molecule has 0 aliphatic rings. The van der Waals surface area contributed by atoms with E-state index in [1.807, 2.05) is 6.07 Å². The fourth-order valence-corrected chi connectivity index (χ4v) is 1.81. The van der Waals surface area contributed by atoms with Crippen molar-refractivity contribution < 1.29 is 4.79 Å². The minimum atomic E-state index is -0.122. The molecular weight excluding hydrogens is 240 g/mol. The average Bonchev–Trinajstić information content (AvgIpc) is 2.47. The molecule has 106 valence electrons. The molecule has 1 aromatic heterocycles. The van der Waals surface area contributed by atoms with Crippen LogP contribution >= 0.6 is 0 Å². The molecule has 0 bridgehead atoms. The van der Waals surface area contributed by atoms with Gasteiger partial charge in [-0.1, -0.05) is 19.9 Å². The first-order valence-corrected chi connectivity index (χ1v) is 6.86. The molecule has 0 aromatic carbocycles. The topological polar surface area (TPSA) is 71.2 Å². The lowest BCUT2D eigenvalue weighted by atomic mass is 10.2. The third-order valence-electron chi connectivity index (χ3n) is 3.12. The minimum absolute atomic E-state index is 0.122. The normalized spacial score (nSPS) is 10.7. The Kier molecular flexibility index (Phi) is 7.07. The van der Waals surface area contributed by atoms with Gasteiger partial charge in [-0.25, -0.2) is 0 Å². The molecule has 3 N–H and O–H groups in total. The zero-order valence-electron chi connectivity index (χ0n) is 11.9. The number of nitrogens with zero attached hydrogens (tertiary/aromatic N) is 2. The van der Waals surface area contributed by atoms with Crippen molar-refractivity contribution in [3.05, 3.63) is 29.6 Å². The molecular formula is C14H24N4O. The average molecular weight is 264 g/mol. The number of carbonyl (C=O) groups excluding carboxylic acids is 1. The van der Waals surface area contributed by atoms with Gasteiger partial charge in [0, 0.05) is 19.3 Å². The third kappa shape index (κ3) is 5.36. The third-order valence-corrected chi connectivity index (χ3v) is 3.12. The summed E-state index contributed by atoms with van der Waals surface area (Å²) in [6.07, 6.45) is 2.60. The van der Waals surface area contributed by atoms with Crippen LogP contribution in [0.2, 0.25) is 0 Å². The minimum Gasteiger partial charge on any atom is -0.351 e. The van der Waals surface area contributed by atoms with E-state index in [2.05, 4.69) is 29.0 Å². The van der Waals surface area contributed by atoms with Crippen LogP contribution in [-0.2, 0) is 6.54 Å². The molecule has 19 heavy (non-hydrogen) atoms. The van der Waals surface area contributed by atoms with Crippen LogP contribution < -0.4 is 11.1 Å². The molecule has 1 heterocycles. The van der Waals surface area contributed by atoms with E-state index in [4.69, 9.17) is 5.73 Å². The van der Waals surface area contributed by atoms with Crippen molar-refractivity contribution >= 4 is 5.91 Å². The van der Waals surface area contributed by atoms with Crippen molar-refractivity contribution in [2.75, 3.05) is 26.2 Å². The van der Waals surface area contributed by atoms with Gasteiger partial charge in [-0.2, -0.15) is 0 Å². The summed E-state index contributed by atoms with van der Waals surface area (Å²) in [5.74, 6) is -0.122. The molecule has 0 fully saturated rings. The van der Waals surface area contributed by atoms with E-state index in [1.54, 1.807) is 12.3 Å². The molecule has 0 aliphatic heterocycles. The first-order chi connectivity index (χ1) is 9.21. The molecule has 5 nitrogen and oxygen atoms in total. The van der Waals surface area contributed by atoms with Gasteiger partial charge >= 0.3 is 0 Å². The number of aromatic nitrogens is 1. The van der Waals surface area contributed by atoms with Crippen molar-refractivity contribution in [3.63, 3.8) is 0 Å². The first kappa shape index (κ1) is 15.6. The maximum Gasteiger partial charge on any atom is 0.269 e. The Labute approximate surface area is 115 Å². The van der Waals surface area contributed by atoms with Crippen molar-refractivity contribution in [1.29, 1.82) is 0 Å². The van der Waals surface area contributed by atoms with Crippen molar-refractivity contribution in [1.82, 2.24) is 15.2 Å². The van der Waals surface area contributed by atoms with Crippen molar-refractivity contribution in [2.24, 2.45) is 5.73 Å². The molecule has 0 unspecified atom stereocenters. The van der Waals surface area contributed by atoms with Gasteiger partial charge in [0.05, 0.1) is 0 Å². The largest absolute Gasteiger partial charge is 0.351 e. The predicted molar refractivity (Wildman–Crippen MR) is 76.9 cm³/mol. The van der Waals surface area contributed by atoms with E-state index in [0.717, 1.165) is 31.6 Å². The van der Waals surface area contributed by atoms with Gasteiger partial charge in [0.15, 0.2) is 0 Å². The molecule has 1 amide bonds. The van der Waals surface area contributed by atoms with E-state index in [9.17, 15) is 4.79 Å². The van der Waals surface area contributed by atoms with Crippen LogP contribution in [0.25, 0.3) is 0 Å². The quantitative estimate of drug-likeness (QED) is 0.687. The maximum absolute atomic E-state index is 11.8. The summed E-state index contributed by atoms with van der Waals surface area (Å²) < 4.78 is 0. The highest BCUT2D eigenvalue weighted by molar-refractivity contribution is 5.92. The van der Waals surface area contributed by atoms with Gasteiger partial charge in [0.1, 0.15) is 5.69 Å². The summed E-state index contributed by atoms with van der Waals surface area (Å²) >= 11 is 0. The van der Waals surface area contributed by atoms with E-state index in [0.29, 0.717) is 18.8 Å². The molecule has 0 atom stereocenters. The predicted octanol–water partition coefficient (Wildman–Crippen LogP) is 1.00. The molecule has 0 aliphatic carbocycles. The number of amides is 1. The summed E-state index contributed by atoms with van der Waals surface area (Å²) in [7, 11) is 0. The summed E-state index contributed by atoms with van der Waals surface area (Å²) in [6, 6.07) is 3.54. The lowest BCUT2D eigenvalue weighted by molar-refractivity contribution is 0.0947. The van der Waals surface area contributed by atoms with Gasteiger partial charge in [-0.15, -0.1) is 0 Å². The van der Waals surface area contributed by atoms with Crippen LogP contribution in [-0.4, -0.2) is 42.0 Å². The van der Waals surface area contributed by atoms with Crippen molar-refractivity contribution in [2.45, 2.75) is 26.8 Å². The second-order valence-corrected chi connectivity index (χ2v) is 4.39. The number of hydrogen-bond acceptors (Lipinski definition) is 4. The molecule has 1 rings (SSSR count). The van der Waals surface area contributed by atoms with E-state index in [-0.39, 0.29) is 5.91 Å². The van der Waals surface area contributed by atoms with Crippen molar-refractivity contribution in [3.8, 4) is 0 Å². The highest BCUT2D eigenvalue weighted by atomic mass is 16.1. The summed E-state index contributed by atoms with van der Waals surface area (Å²) in [5, 5.41) is 2.88. The molecule has 0 spiro atoms. The molecule has 5 heteroatoms. The number of hydrogen-bond donors (Lipinski definition) is 2. The van der Waals surface area contributed by atoms with Gasteiger partial charge < -0.3 is 16.0 Å². The van der Waals surface area contributed by atoms with Crippen LogP contribution in [0.1, 0.15) is 36.3 Å². The zero-order chi connectivity index (χ0) is 14.1. The first-order valence-electron chi connectivity index (χ1n) is 6.86. The Bertz CT molecular complexity index is 374. The van der Waals surface area contributed by atoms with Crippen LogP contribution in [0.4, 0.5) is 0 Å². The monoisotopic (exact) mass is 264 g/mol. The van der Waals surface area contributed by atoms with Crippen LogP contribution in [0.3, 0.4) is 0 Å². The SMILES string of the molecule is CCN(CC)CCCNC(=O)c1ccc(CN)cn1. The van der Waals surface area contributed by atoms with Gasteiger partial charge in [0.2, 0.25) is 0 Å². The fraction of sp³-hybridized carbons (Fsp3) is 0.571. The number of carbonyl (C=O) groups is 1. The molecule has 0 saturated heterocycles. The maximum atomic E-state index is 11.8. The Balaban J connectivity index is 2.30. The molecule has 0 saturated carbocycles. The lowest BCUT2D eigenvalue weighted by Crippen LogP contribution is -2.30. The van der Waals surface area contributed by atoms with Crippen LogP contribution in [0, 0.1) is 0 Å². The van der Waals surface area contributed by atoms with Gasteiger partial charge in [-0.3, -0.25) is 9.78 Å². The number of pyridine rings is 1. The zero-order valence-corrected chi connectivity index (χ0v) is 11.9. The molecule has 1 aromatic rings. The van der Waals surface area contributed by atoms with Crippen LogP contribution in [0.5, 0.6) is 0 Å². The summed E-state index contributed by atoms with van der Waals surface area (Å²) in [4.78, 5) is 18.2. The second-order valence-electron chi connectivity index (χ2n) is 4.39. The smallest absolute Gasteiger partial charge is 0.269 e. The Morgan fingerprint density at radius 3 is 2.63 bits per heavy atom. The highest BCUT2D eigenvalue weighted by Gasteiger charge is 2.06. The highest BCUT2D eigenvalue weighted by Crippen LogP contribution is 1.99. The van der Waals surface area contributed by atoms with Gasteiger partial charge in [-0.05, 0) is 37.7 Å². The Morgan fingerprint density at radius 2 is 2.11 bits per heavy atom. The summed E-state index contributed by atoms with van der Waals surface area (Å²) in [6.45, 7) is 8.51.